The van der Waals surface area contributed by atoms with Crippen LogP contribution in [0.3, 0.4) is 0 Å². The van der Waals surface area contributed by atoms with Crippen molar-refractivity contribution in [3.05, 3.63) is 101 Å². The minimum Gasteiger partial charge on any atom is -0.487 e. The first-order chi connectivity index (χ1) is 16.2. The van der Waals surface area contributed by atoms with Crippen molar-refractivity contribution in [3.63, 3.8) is 0 Å². The van der Waals surface area contributed by atoms with Crippen molar-refractivity contribution >= 4 is 84.0 Å². The molecule has 1 aliphatic heterocycles. The van der Waals surface area contributed by atoms with Crippen LogP contribution in [0.4, 0.5) is 9.18 Å². The Kier molecular flexibility index (Phi) is 8.05. The van der Waals surface area contributed by atoms with E-state index in [1.165, 1.54) is 12.1 Å². The number of ether oxygens (including phenoxy) is 1. The van der Waals surface area contributed by atoms with E-state index in [4.69, 9.17) is 27.9 Å². The Morgan fingerprint density at radius 2 is 1.68 bits per heavy atom. The molecular formula is C24H14Br2Cl2FNO3S. The van der Waals surface area contributed by atoms with Gasteiger partial charge in [-0.2, -0.15) is 0 Å². The molecule has 3 aromatic carbocycles. The maximum atomic E-state index is 13.1. The molecule has 1 heterocycles. The van der Waals surface area contributed by atoms with E-state index in [2.05, 4.69) is 31.9 Å². The van der Waals surface area contributed by atoms with Crippen LogP contribution in [-0.2, 0) is 17.9 Å². The number of nitrogens with zero attached hydrogens (tertiary/aromatic N) is 1. The summed E-state index contributed by atoms with van der Waals surface area (Å²) in [6, 6.07) is 14.5. The molecule has 0 atom stereocenters. The fourth-order valence-corrected chi connectivity index (χ4v) is 5.90. The fourth-order valence-electron chi connectivity index (χ4n) is 3.14. The smallest absolute Gasteiger partial charge is 0.293 e. The molecule has 1 fully saturated rings. The van der Waals surface area contributed by atoms with Gasteiger partial charge in [0.25, 0.3) is 11.1 Å². The van der Waals surface area contributed by atoms with Crippen LogP contribution in [0.1, 0.15) is 16.7 Å². The zero-order chi connectivity index (χ0) is 24.4. The molecule has 1 saturated heterocycles. The summed E-state index contributed by atoms with van der Waals surface area (Å²) in [5.74, 6) is -0.145. The van der Waals surface area contributed by atoms with Gasteiger partial charge in [0.05, 0.1) is 20.4 Å². The van der Waals surface area contributed by atoms with Crippen molar-refractivity contribution in [2.24, 2.45) is 0 Å². The lowest BCUT2D eigenvalue weighted by atomic mass is 10.2. The van der Waals surface area contributed by atoms with Gasteiger partial charge in [-0.25, -0.2) is 4.39 Å². The second-order valence-electron chi connectivity index (χ2n) is 7.23. The van der Waals surface area contributed by atoms with Crippen molar-refractivity contribution in [2.75, 3.05) is 0 Å². The third-order valence-corrected chi connectivity index (χ3v) is 7.50. The molecule has 0 bridgehead atoms. The van der Waals surface area contributed by atoms with Crippen molar-refractivity contribution < 1.29 is 18.7 Å². The first-order valence-electron chi connectivity index (χ1n) is 9.77. The summed E-state index contributed by atoms with van der Waals surface area (Å²) in [4.78, 5) is 26.8. The van der Waals surface area contributed by atoms with Crippen LogP contribution in [-0.4, -0.2) is 16.0 Å². The van der Waals surface area contributed by atoms with Gasteiger partial charge in [0.2, 0.25) is 0 Å². The van der Waals surface area contributed by atoms with Crippen molar-refractivity contribution in [1.29, 1.82) is 0 Å². The monoisotopic (exact) mass is 643 g/mol. The first-order valence-corrected chi connectivity index (χ1v) is 12.9. The van der Waals surface area contributed by atoms with E-state index >= 15 is 0 Å². The lowest BCUT2D eigenvalue weighted by Gasteiger charge is -2.14. The number of halogens is 5. The molecule has 4 nitrogen and oxygen atoms in total. The number of hydrogen-bond donors (Lipinski definition) is 0. The van der Waals surface area contributed by atoms with Crippen LogP contribution in [0.15, 0.2) is 68.4 Å². The Hall–Kier alpha value is -1.84. The van der Waals surface area contributed by atoms with Crippen molar-refractivity contribution in [2.45, 2.75) is 13.2 Å². The predicted molar refractivity (Wildman–Crippen MR) is 141 cm³/mol. The minimum atomic E-state index is -0.398. The van der Waals surface area contributed by atoms with E-state index in [1.807, 2.05) is 0 Å². The summed E-state index contributed by atoms with van der Waals surface area (Å²) in [6.45, 7) is 0.310. The molecule has 0 N–H and O–H groups in total. The molecule has 10 heteroatoms. The van der Waals surface area contributed by atoms with Gasteiger partial charge in [0.1, 0.15) is 18.2 Å². The molecule has 174 valence electrons. The van der Waals surface area contributed by atoms with Gasteiger partial charge in [-0.3, -0.25) is 14.5 Å². The Morgan fingerprint density at radius 1 is 1.00 bits per heavy atom. The fraction of sp³-hybridized carbons (Fsp3) is 0.0833. The number of amides is 2. The molecule has 0 radical (unpaired) electrons. The summed E-state index contributed by atoms with van der Waals surface area (Å²) in [7, 11) is 0. The van der Waals surface area contributed by atoms with Gasteiger partial charge >= 0.3 is 0 Å². The van der Waals surface area contributed by atoms with Gasteiger partial charge in [-0.05, 0) is 103 Å². The number of benzene rings is 3. The van der Waals surface area contributed by atoms with E-state index in [-0.39, 0.29) is 24.2 Å². The van der Waals surface area contributed by atoms with E-state index in [0.29, 0.717) is 40.8 Å². The third kappa shape index (κ3) is 5.86. The molecule has 34 heavy (non-hydrogen) atoms. The second kappa shape index (κ2) is 10.8. The summed E-state index contributed by atoms with van der Waals surface area (Å²) in [5, 5.41) is 0.489. The van der Waals surface area contributed by atoms with Crippen LogP contribution in [0.2, 0.25) is 10.0 Å². The van der Waals surface area contributed by atoms with Crippen LogP contribution in [0, 0.1) is 5.82 Å². The quantitative estimate of drug-likeness (QED) is 0.252. The molecule has 0 unspecified atom stereocenters. The van der Waals surface area contributed by atoms with Gasteiger partial charge < -0.3 is 4.74 Å². The Bertz CT molecular complexity index is 1300. The number of imide groups is 1. The average molecular weight is 646 g/mol. The van der Waals surface area contributed by atoms with E-state index in [9.17, 15) is 14.0 Å². The number of hydrogen-bond acceptors (Lipinski definition) is 4. The summed E-state index contributed by atoms with van der Waals surface area (Å²) >= 11 is 20.0. The normalized spacial score (nSPS) is 14.9. The highest BCUT2D eigenvalue weighted by molar-refractivity contribution is 9.11. The van der Waals surface area contributed by atoms with Crippen molar-refractivity contribution in [3.8, 4) is 5.75 Å². The Labute approximate surface area is 226 Å². The van der Waals surface area contributed by atoms with Crippen LogP contribution in [0.25, 0.3) is 6.08 Å². The number of carbonyl (C=O) groups excluding carboxylic acids is 2. The zero-order valence-electron chi connectivity index (χ0n) is 17.2. The Morgan fingerprint density at radius 3 is 2.32 bits per heavy atom. The maximum absolute atomic E-state index is 13.1. The Balaban J connectivity index is 1.50. The summed E-state index contributed by atoms with van der Waals surface area (Å²) in [6.07, 6.45) is 1.65. The standard InChI is InChI=1S/C24H14Br2Cl2FNO3S/c25-18-7-14(8-19(26)22(18)33-12-13-1-5-17(29)6-2-13)9-21-23(31)30(24(32)34-21)11-15-3-4-16(27)10-20(15)28/h1-10H,11-12H2/b21-9-. The molecular weight excluding hydrogens is 632 g/mol. The molecule has 3 aromatic rings. The highest BCUT2D eigenvalue weighted by Crippen LogP contribution is 2.38. The largest absolute Gasteiger partial charge is 0.487 e. The lowest BCUT2D eigenvalue weighted by molar-refractivity contribution is -0.123. The molecule has 4 rings (SSSR count). The summed E-state index contributed by atoms with van der Waals surface area (Å²) < 4.78 is 20.3. The van der Waals surface area contributed by atoms with Gasteiger partial charge in [-0.15, -0.1) is 0 Å². The SMILES string of the molecule is O=C1S/C(=C\c2cc(Br)c(OCc3ccc(F)cc3)c(Br)c2)C(=O)N1Cc1ccc(Cl)cc1Cl. The number of carbonyl (C=O) groups is 2. The summed E-state index contributed by atoms with van der Waals surface area (Å²) in [5.41, 5.74) is 2.14. The van der Waals surface area contributed by atoms with Crippen molar-refractivity contribution in [1.82, 2.24) is 4.90 Å². The molecule has 2 amide bonds. The predicted octanol–water partition coefficient (Wildman–Crippen LogP) is 8.47. The zero-order valence-corrected chi connectivity index (χ0v) is 22.7. The van der Waals surface area contributed by atoms with Gasteiger partial charge in [-0.1, -0.05) is 41.4 Å². The van der Waals surface area contributed by atoms with E-state index in [1.54, 1.807) is 48.5 Å². The number of thioether (sulfide) groups is 1. The molecule has 1 aliphatic rings. The number of rotatable bonds is 6. The van der Waals surface area contributed by atoms with Gasteiger partial charge in [0.15, 0.2) is 0 Å². The molecule has 0 aliphatic carbocycles. The molecule has 0 aromatic heterocycles. The van der Waals surface area contributed by atoms with E-state index in [0.717, 1.165) is 22.2 Å². The molecule has 0 spiro atoms. The highest BCUT2D eigenvalue weighted by atomic mass is 79.9. The van der Waals surface area contributed by atoms with Gasteiger partial charge in [0, 0.05) is 10.0 Å². The third-order valence-electron chi connectivity index (χ3n) is 4.83. The lowest BCUT2D eigenvalue weighted by Crippen LogP contribution is -2.27. The van der Waals surface area contributed by atoms with E-state index < -0.39 is 5.91 Å². The topological polar surface area (TPSA) is 46.6 Å². The maximum Gasteiger partial charge on any atom is 0.293 e. The average Bonchev–Trinajstić information content (AvgIpc) is 3.03. The van der Waals surface area contributed by atoms with Crippen LogP contribution >= 0.6 is 66.8 Å². The second-order valence-corrected chi connectivity index (χ2v) is 10.8. The molecule has 0 saturated carbocycles. The minimum absolute atomic E-state index is 0.0571. The first kappa shape index (κ1) is 25.3. The highest BCUT2D eigenvalue weighted by Gasteiger charge is 2.35. The van der Waals surface area contributed by atoms with Crippen LogP contribution in [0.5, 0.6) is 5.75 Å². The van der Waals surface area contributed by atoms with Crippen LogP contribution < -0.4 is 4.74 Å².